The third-order valence-corrected chi connectivity index (χ3v) is 12.6. The number of hydrogen-bond acceptors (Lipinski definition) is 10. The molecule has 10 heteroatoms. The quantitative estimate of drug-likeness (QED) is 0.331. The number of fused-ring (bicyclic) bond motifs is 7. The van der Waals surface area contributed by atoms with Crippen LogP contribution in [0.5, 0.6) is 0 Å². The lowest BCUT2D eigenvalue weighted by Crippen LogP contribution is -2.71. The molecule has 14 atom stereocenters. The molecule has 3 N–H and O–H groups in total. The molecule has 0 aromatic rings. The number of cyclic esters (lactones) is 1. The Morgan fingerprint density at radius 2 is 1.83 bits per heavy atom. The van der Waals surface area contributed by atoms with E-state index in [2.05, 4.69) is 13.8 Å². The summed E-state index contributed by atoms with van der Waals surface area (Å²) in [6.07, 6.45) is 3.19. The van der Waals surface area contributed by atoms with Gasteiger partial charge in [0.1, 0.15) is 6.61 Å². The zero-order valence-corrected chi connectivity index (χ0v) is 24.4. The van der Waals surface area contributed by atoms with Crippen molar-refractivity contribution in [1.82, 2.24) is 0 Å². The van der Waals surface area contributed by atoms with Gasteiger partial charge in [-0.15, -0.1) is 0 Å². The van der Waals surface area contributed by atoms with Crippen molar-refractivity contribution in [3.63, 3.8) is 0 Å². The van der Waals surface area contributed by atoms with Crippen molar-refractivity contribution in [1.29, 1.82) is 0 Å². The summed E-state index contributed by atoms with van der Waals surface area (Å²) in [4.78, 5) is 23.8. The fourth-order valence-corrected chi connectivity index (χ4v) is 10.7. The van der Waals surface area contributed by atoms with Crippen molar-refractivity contribution in [2.24, 2.45) is 34.5 Å². The second-order valence-corrected chi connectivity index (χ2v) is 14.5. The summed E-state index contributed by atoms with van der Waals surface area (Å²) in [5.74, 6) is -2.48. The average molecular weight is 577 g/mol. The van der Waals surface area contributed by atoms with E-state index in [0.29, 0.717) is 25.2 Å². The van der Waals surface area contributed by atoms with Crippen LogP contribution in [-0.4, -0.2) is 82.1 Å². The van der Waals surface area contributed by atoms with Gasteiger partial charge < -0.3 is 39.0 Å². The van der Waals surface area contributed by atoms with Crippen LogP contribution >= 0.6 is 0 Å². The minimum Gasteiger partial charge on any atom is -0.458 e. The minimum atomic E-state index is -1.90. The summed E-state index contributed by atoms with van der Waals surface area (Å²) in [5, 5.41) is 35.7. The first-order chi connectivity index (χ1) is 19.3. The number of aliphatic hydroxyl groups is 3. The van der Waals surface area contributed by atoms with Gasteiger partial charge in [0.2, 0.25) is 6.29 Å². The van der Waals surface area contributed by atoms with Crippen LogP contribution in [0, 0.1) is 34.5 Å². The van der Waals surface area contributed by atoms with Gasteiger partial charge in [0.15, 0.2) is 6.10 Å². The van der Waals surface area contributed by atoms with Crippen molar-refractivity contribution in [3.8, 4) is 0 Å². The van der Waals surface area contributed by atoms with Gasteiger partial charge in [-0.05, 0) is 86.5 Å². The van der Waals surface area contributed by atoms with Gasteiger partial charge in [0, 0.05) is 24.8 Å². The van der Waals surface area contributed by atoms with Crippen molar-refractivity contribution in [2.45, 2.75) is 127 Å². The van der Waals surface area contributed by atoms with Crippen LogP contribution in [0.1, 0.15) is 79.1 Å². The summed E-state index contributed by atoms with van der Waals surface area (Å²) >= 11 is 0. The van der Waals surface area contributed by atoms with Crippen LogP contribution in [-0.2, 0) is 33.3 Å². The first-order valence-corrected chi connectivity index (χ1v) is 15.5. The number of esters is 2. The van der Waals surface area contributed by atoms with Gasteiger partial charge in [-0.25, -0.2) is 4.79 Å². The van der Waals surface area contributed by atoms with E-state index in [-0.39, 0.29) is 48.0 Å². The molecule has 10 nitrogen and oxygen atoms in total. The maximum absolute atomic E-state index is 12.5. The summed E-state index contributed by atoms with van der Waals surface area (Å²) in [6, 6.07) is 0. The average Bonchev–Trinajstić information content (AvgIpc) is 3.41. The van der Waals surface area contributed by atoms with Crippen molar-refractivity contribution in [3.05, 3.63) is 11.6 Å². The van der Waals surface area contributed by atoms with E-state index in [1.165, 1.54) is 6.92 Å². The highest BCUT2D eigenvalue weighted by molar-refractivity contribution is 5.85. The highest BCUT2D eigenvalue weighted by Gasteiger charge is 2.72. The highest BCUT2D eigenvalue weighted by Crippen LogP contribution is 2.70. The standard InChI is InChI=1S/C31H44O10/c1-15-9-25(39-16(2)32)31(36)27(38-15)40-22-11-18-5-6-20-19(28(18,3)13-23(22)41-31)7-8-29(4)21(12-24(33)30(20,29)35)17-10-26(34)37-14-17/h10,15,18-25,27,33,35-36H,5-9,11-14H2,1-4H3/t15-,18+,19+,20-,21-,22-,23-,24-,25+,27+,28+,29-,30-,31+/m1/s1. The molecule has 228 valence electrons. The zero-order valence-electron chi connectivity index (χ0n) is 24.4. The molecule has 0 radical (unpaired) electrons. The fourth-order valence-electron chi connectivity index (χ4n) is 10.7. The number of ether oxygens (including phenoxy) is 5. The van der Waals surface area contributed by atoms with Crippen molar-refractivity contribution >= 4 is 11.9 Å². The molecule has 2 saturated heterocycles. The summed E-state index contributed by atoms with van der Waals surface area (Å²) in [7, 11) is 0. The molecule has 3 heterocycles. The number of carbonyl (C=O) groups is 2. The monoisotopic (exact) mass is 576 g/mol. The largest absolute Gasteiger partial charge is 0.458 e. The second kappa shape index (κ2) is 9.22. The number of aliphatic hydroxyl groups excluding tert-OH is 1. The smallest absolute Gasteiger partial charge is 0.331 e. The Labute approximate surface area is 240 Å². The molecule has 4 saturated carbocycles. The number of rotatable bonds is 2. The molecular formula is C31H44O10. The summed E-state index contributed by atoms with van der Waals surface area (Å²) in [6.45, 7) is 7.78. The van der Waals surface area contributed by atoms with E-state index in [4.69, 9.17) is 23.7 Å². The van der Waals surface area contributed by atoms with Crippen LogP contribution in [0.15, 0.2) is 11.6 Å². The topological polar surface area (TPSA) is 141 Å². The van der Waals surface area contributed by atoms with E-state index in [1.54, 1.807) is 6.08 Å². The first kappa shape index (κ1) is 28.2. The zero-order chi connectivity index (χ0) is 29.1. The van der Waals surface area contributed by atoms with E-state index in [9.17, 15) is 24.9 Å². The van der Waals surface area contributed by atoms with Crippen molar-refractivity contribution in [2.75, 3.05) is 6.61 Å². The Morgan fingerprint density at radius 3 is 2.54 bits per heavy atom. The highest BCUT2D eigenvalue weighted by atomic mass is 16.8. The first-order valence-electron chi connectivity index (χ1n) is 15.5. The third-order valence-electron chi connectivity index (χ3n) is 12.6. The normalized spacial score (nSPS) is 55.9. The third kappa shape index (κ3) is 3.83. The number of carbonyl (C=O) groups excluding carboxylic acids is 2. The maximum atomic E-state index is 12.5. The van der Waals surface area contributed by atoms with E-state index in [1.807, 2.05) is 6.92 Å². The molecule has 41 heavy (non-hydrogen) atoms. The van der Waals surface area contributed by atoms with Gasteiger partial charge in [0.25, 0.3) is 5.79 Å². The summed E-state index contributed by atoms with van der Waals surface area (Å²) < 4.78 is 29.5. The van der Waals surface area contributed by atoms with Crippen molar-refractivity contribution < 1.29 is 48.6 Å². The predicted octanol–water partition coefficient (Wildman–Crippen LogP) is 2.36. The molecule has 3 aliphatic heterocycles. The van der Waals surface area contributed by atoms with Crippen LogP contribution in [0.4, 0.5) is 0 Å². The molecule has 0 aromatic heterocycles. The molecule has 0 bridgehead atoms. The molecule has 4 aliphatic carbocycles. The Bertz CT molecular complexity index is 1160. The molecule has 0 unspecified atom stereocenters. The Balaban J connectivity index is 1.17. The van der Waals surface area contributed by atoms with Gasteiger partial charge in [-0.2, -0.15) is 0 Å². The number of hydrogen-bond donors (Lipinski definition) is 3. The lowest BCUT2D eigenvalue weighted by atomic mass is 9.42. The van der Waals surface area contributed by atoms with Gasteiger partial charge in [-0.1, -0.05) is 13.8 Å². The minimum absolute atomic E-state index is 0.106. The Hall–Kier alpha value is -1.56. The molecule has 0 spiro atoms. The molecular weight excluding hydrogens is 532 g/mol. The van der Waals surface area contributed by atoms with Gasteiger partial charge in [-0.3, -0.25) is 4.79 Å². The Kier molecular flexibility index (Phi) is 6.35. The molecule has 0 aromatic carbocycles. The van der Waals surface area contributed by atoms with E-state index < -0.39 is 47.4 Å². The second-order valence-electron chi connectivity index (χ2n) is 14.5. The van der Waals surface area contributed by atoms with Gasteiger partial charge in [0.05, 0.1) is 30.0 Å². The lowest BCUT2D eigenvalue weighted by Gasteiger charge is -2.65. The van der Waals surface area contributed by atoms with E-state index in [0.717, 1.165) is 37.7 Å². The SMILES string of the molecule is CC(=O)O[C@H]1C[C@@H](C)O[C@H]2O[C@@H]3C[C@@H]4CC[C@@H]5[C@H](CC[C@]6(C)[C@@H](C7=CC(=O)OC7)C[C@@H](O)[C@]56O)[C@@]4(C)C[C@H]3O[C@]21O. The van der Waals surface area contributed by atoms with Gasteiger partial charge >= 0.3 is 11.9 Å². The predicted molar refractivity (Wildman–Crippen MR) is 142 cm³/mol. The van der Waals surface area contributed by atoms with Crippen LogP contribution < -0.4 is 0 Å². The van der Waals surface area contributed by atoms with Crippen LogP contribution in [0.3, 0.4) is 0 Å². The molecule has 0 amide bonds. The maximum Gasteiger partial charge on any atom is 0.331 e. The Morgan fingerprint density at radius 1 is 1.05 bits per heavy atom. The van der Waals surface area contributed by atoms with E-state index >= 15 is 0 Å². The summed E-state index contributed by atoms with van der Waals surface area (Å²) in [5.41, 5.74) is -1.17. The molecule has 6 fully saturated rings. The van der Waals surface area contributed by atoms with Crippen LogP contribution in [0.2, 0.25) is 0 Å². The fraction of sp³-hybridized carbons (Fsp3) is 0.871. The molecule has 7 rings (SSSR count). The lowest BCUT2D eigenvalue weighted by molar-refractivity contribution is -0.458. The molecule has 7 aliphatic rings. The van der Waals surface area contributed by atoms with Crippen LogP contribution in [0.25, 0.3) is 0 Å².